The highest BCUT2D eigenvalue weighted by Crippen LogP contribution is 2.42. The molecular weight excluding hydrogens is 599 g/mol. The van der Waals surface area contributed by atoms with E-state index in [0.717, 1.165) is 17.1 Å². The van der Waals surface area contributed by atoms with Crippen LogP contribution < -0.4 is 4.90 Å². The molecule has 0 spiro atoms. The van der Waals surface area contributed by atoms with Crippen molar-refractivity contribution in [1.29, 1.82) is 0 Å². The van der Waals surface area contributed by atoms with Crippen LogP contribution in [-0.4, -0.2) is 0 Å². The molecule has 0 amide bonds. The van der Waals surface area contributed by atoms with Gasteiger partial charge in [0, 0.05) is 37.2 Å². The van der Waals surface area contributed by atoms with Crippen LogP contribution in [0.15, 0.2) is 176 Å². The molecule has 0 radical (unpaired) electrons. The van der Waals surface area contributed by atoms with E-state index in [-0.39, 0.29) is 0 Å². The zero-order valence-corrected chi connectivity index (χ0v) is 26.9. The summed E-state index contributed by atoms with van der Waals surface area (Å²) in [5, 5.41) is 12.8. The minimum Gasteiger partial charge on any atom is -0.310 e. The molecule has 9 aromatic carbocycles. The van der Waals surface area contributed by atoms with Gasteiger partial charge in [0.2, 0.25) is 0 Å². The van der Waals surface area contributed by atoms with Crippen molar-refractivity contribution in [3.8, 4) is 11.1 Å². The molecule has 1 heterocycles. The number of thiophene rings is 1. The standard InChI is InChI=1S/C46H29NS/c1-3-11-37-30(8-1)10-7-14-38(37)32-16-20-34(21-17-32)47(36-23-27-44-43-13-5-6-15-45(43)48-46(44)29-36)35-22-26-40-33(28-35)19-25-41-39-12-4-2-9-31(39)18-24-42(40)41/h1-29H. The number of nitrogens with zero attached hydrogens (tertiary/aromatic N) is 1. The second-order valence-electron chi connectivity index (χ2n) is 12.5. The Hall–Kier alpha value is -5.96. The first kappa shape index (κ1) is 27.2. The van der Waals surface area contributed by atoms with Crippen molar-refractivity contribution in [1.82, 2.24) is 0 Å². The van der Waals surface area contributed by atoms with Crippen molar-refractivity contribution in [2.75, 3.05) is 4.90 Å². The summed E-state index contributed by atoms with van der Waals surface area (Å²) in [5.74, 6) is 0. The Morgan fingerprint density at radius 1 is 0.312 bits per heavy atom. The van der Waals surface area contributed by atoms with Crippen LogP contribution in [0.4, 0.5) is 17.1 Å². The Balaban J connectivity index is 1.14. The summed E-state index contributed by atoms with van der Waals surface area (Å²) in [5.41, 5.74) is 5.89. The Morgan fingerprint density at radius 3 is 1.67 bits per heavy atom. The highest BCUT2D eigenvalue weighted by atomic mass is 32.1. The minimum absolute atomic E-state index is 1.13. The summed E-state index contributed by atoms with van der Waals surface area (Å²) in [4.78, 5) is 2.40. The Kier molecular flexibility index (Phi) is 6.12. The molecule has 2 heteroatoms. The van der Waals surface area contributed by atoms with E-state index in [9.17, 15) is 0 Å². The summed E-state index contributed by atoms with van der Waals surface area (Å²) in [6.45, 7) is 0. The molecule has 10 rings (SSSR count). The van der Waals surface area contributed by atoms with Gasteiger partial charge >= 0.3 is 0 Å². The number of fused-ring (bicyclic) bond motifs is 9. The maximum absolute atomic E-state index is 2.40. The minimum atomic E-state index is 1.13. The predicted octanol–water partition coefficient (Wildman–Crippen LogP) is 13.8. The first-order valence-electron chi connectivity index (χ1n) is 16.4. The van der Waals surface area contributed by atoms with Crippen molar-refractivity contribution >= 4 is 91.7 Å². The average Bonchev–Trinajstić information content (AvgIpc) is 3.53. The van der Waals surface area contributed by atoms with Gasteiger partial charge < -0.3 is 4.90 Å². The molecule has 224 valence electrons. The van der Waals surface area contributed by atoms with Gasteiger partial charge in [0.25, 0.3) is 0 Å². The highest BCUT2D eigenvalue weighted by Gasteiger charge is 2.17. The van der Waals surface area contributed by atoms with Gasteiger partial charge in [0.15, 0.2) is 0 Å². The highest BCUT2D eigenvalue weighted by molar-refractivity contribution is 7.25. The first-order chi connectivity index (χ1) is 23.8. The summed E-state index contributed by atoms with van der Waals surface area (Å²) >= 11 is 1.86. The van der Waals surface area contributed by atoms with Crippen molar-refractivity contribution in [3.63, 3.8) is 0 Å². The van der Waals surface area contributed by atoms with Gasteiger partial charge in [0.05, 0.1) is 0 Å². The summed E-state index contributed by atoms with van der Waals surface area (Å²) in [6.07, 6.45) is 0. The molecule has 0 aliphatic heterocycles. The molecular formula is C46H29NS. The molecule has 0 saturated heterocycles. The van der Waals surface area contributed by atoms with Gasteiger partial charge in [-0.1, -0.05) is 133 Å². The Bertz CT molecular complexity index is 2840. The van der Waals surface area contributed by atoms with Crippen molar-refractivity contribution in [3.05, 3.63) is 176 Å². The topological polar surface area (TPSA) is 3.24 Å². The summed E-state index contributed by atoms with van der Waals surface area (Å²) in [7, 11) is 0. The molecule has 0 fully saturated rings. The molecule has 0 N–H and O–H groups in total. The molecule has 0 aliphatic carbocycles. The molecule has 0 saturated carbocycles. The average molecular weight is 628 g/mol. The molecule has 1 nitrogen and oxygen atoms in total. The Morgan fingerprint density at radius 2 is 0.854 bits per heavy atom. The third-order valence-electron chi connectivity index (χ3n) is 9.83. The fourth-order valence-corrected chi connectivity index (χ4v) is 8.66. The molecule has 10 aromatic rings. The van der Waals surface area contributed by atoms with Gasteiger partial charge in [-0.25, -0.2) is 0 Å². The van der Waals surface area contributed by atoms with Crippen LogP contribution in [0, 0.1) is 0 Å². The molecule has 1 aromatic heterocycles. The lowest BCUT2D eigenvalue weighted by Gasteiger charge is -2.26. The summed E-state index contributed by atoms with van der Waals surface area (Å²) in [6, 6.07) is 64.6. The number of rotatable bonds is 4. The van der Waals surface area contributed by atoms with Crippen molar-refractivity contribution in [2.45, 2.75) is 0 Å². The summed E-state index contributed by atoms with van der Waals surface area (Å²) < 4.78 is 2.62. The van der Waals surface area contributed by atoms with Gasteiger partial charge in [0.1, 0.15) is 0 Å². The predicted molar refractivity (Wildman–Crippen MR) is 209 cm³/mol. The van der Waals surface area contributed by atoms with E-state index in [1.54, 1.807) is 0 Å². The van der Waals surface area contributed by atoms with Crippen LogP contribution in [0.1, 0.15) is 0 Å². The van der Waals surface area contributed by atoms with E-state index < -0.39 is 0 Å². The van der Waals surface area contributed by atoms with E-state index in [1.807, 2.05) is 11.3 Å². The third kappa shape index (κ3) is 4.31. The number of hydrogen-bond acceptors (Lipinski definition) is 2. The lowest BCUT2D eigenvalue weighted by atomic mass is 9.96. The molecule has 0 atom stereocenters. The van der Waals surface area contributed by atoms with Crippen LogP contribution in [-0.2, 0) is 0 Å². The maximum atomic E-state index is 2.40. The van der Waals surface area contributed by atoms with Gasteiger partial charge in [-0.05, 0) is 96.7 Å². The molecule has 0 bridgehead atoms. The quantitative estimate of drug-likeness (QED) is 0.176. The fraction of sp³-hybridized carbons (Fsp3) is 0. The zero-order valence-electron chi connectivity index (χ0n) is 26.1. The lowest BCUT2D eigenvalue weighted by molar-refractivity contribution is 1.30. The smallest absolute Gasteiger partial charge is 0.0476 e. The van der Waals surface area contributed by atoms with Crippen LogP contribution in [0.3, 0.4) is 0 Å². The number of anilines is 3. The van der Waals surface area contributed by atoms with Crippen LogP contribution >= 0.6 is 11.3 Å². The van der Waals surface area contributed by atoms with E-state index in [4.69, 9.17) is 0 Å². The molecule has 48 heavy (non-hydrogen) atoms. The van der Waals surface area contributed by atoms with Crippen LogP contribution in [0.25, 0.3) is 74.4 Å². The Labute approximate surface area is 282 Å². The van der Waals surface area contributed by atoms with E-state index >= 15 is 0 Å². The van der Waals surface area contributed by atoms with E-state index in [1.165, 1.54) is 74.4 Å². The third-order valence-corrected chi connectivity index (χ3v) is 11.0. The largest absolute Gasteiger partial charge is 0.310 e. The van der Waals surface area contributed by atoms with Crippen LogP contribution in [0.2, 0.25) is 0 Å². The number of benzene rings is 9. The van der Waals surface area contributed by atoms with Crippen molar-refractivity contribution in [2.24, 2.45) is 0 Å². The molecule has 0 unspecified atom stereocenters. The second kappa shape index (κ2) is 10.8. The van der Waals surface area contributed by atoms with Crippen molar-refractivity contribution < 1.29 is 0 Å². The maximum Gasteiger partial charge on any atom is 0.0476 e. The number of hydrogen-bond donors (Lipinski definition) is 0. The van der Waals surface area contributed by atoms with Crippen LogP contribution in [0.5, 0.6) is 0 Å². The fourth-order valence-electron chi connectivity index (χ4n) is 7.52. The lowest BCUT2D eigenvalue weighted by Crippen LogP contribution is -2.09. The van der Waals surface area contributed by atoms with Gasteiger partial charge in [-0.15, -0.1) is 11.3 Å². The first-order valence-corrected chi connectivity index (χ1v) is 17.2. The second-order valence-corrected chi connectivity index (χ2v) is 13.6. The zero-order chi connectivity index (χ0) is 31.6. The monoisotopic (exact) mass is 627 g/mol. The van der Waals surface area contributed by atoms with E-state index in [2.05, 4.69) is 181 Å². The molecule has 0 aliphatic rings. The van der Waals surface area contributed by atoms with E-state index in [0.29, 0.717) is 0 Å². The SMILES string of the molecule is c1ccc2c(-c3ccc(N(c4ccc5c(ccc6c7ccccc7ccc56)c4)c4ccc5c(c4)sc4ccccc45)cc3)cccc2c1. The van der Waals surface area contributed by atoms with Gasteiger partial charge in [-0.2, -0.15) is 0 Å². The van der Waals surface area contributed by atoms with Gasteiger partial charge in [-0.3, -0.25) is 0 Å². The normalized spacial score (nSPS) is 11.8.